The van der Waals surface area contributed by atoms with Crippen molar-refractivity contribution in [1.82, 2.24) is 0 Å². The van der Waals surface area contributed by atoms with Gasteiger partial charge in [0.25, 0.3) is 0 Å². The molecule has 3 rings (SSSR count). The number of alkyl halides is 5. The Morgan fingerprint density at radius 1 is 0.868 bits per heavy atom. The van der Waals surface area contributed by atoms with Crippen LogP contribution in [0.1, 0.15) is 29.5 Å². The van der Waals surface area contributed by atoms with Crippen LogP contribution in [-0.4, -0.2) is 23.9 Å². The molecule has 0 atom stereocenters. The highest BCUT2D eigenvalue weighted by Gasteiger charge is 2.34. The summed E-state index contributed by atoms with van der Waals surface area (Å²) < 4.78 is 75.8. The van der Waals surface area contributed by atoms with Crippen molar-refractivity contribution in [3.05, 3.63) is 89.0 Å². The maximum Gasteiger partial charge on any atom is 0.426 e. The van der Waals surface area contributed by atoms with Gasteiger partial charge < -0.3 is 26.0 Å². The molecule has 202 valence electrons. The number of benzene rings is 3. The molecule has 5 N–H and O–H groups in total. The first-order valence-electron chi connectivity index (χ1n) is 11.4. The van der Waals surface area contributed by atoms with Crippen molar-refractivity contribution in [1.29, 1.82) is 0 Å². The summed E-state index contributed by atoms with van der Waals surface area (Å²) >= 11 is 0. The van der Waals surface area contributed by atoms with E-state index in [4.69, 9.17) is 20.9 Å². The Morgan fingerprint density at radius 2 is 1.45 bits per heavy atom. The Kier molecular flexibility index (Phi) is 8.82. The van der Waals surface area contributed by atoms with E-state index < -0.39 is 30.2 Å². The Balaban J connectivity index is 1.63. The number of carboxylic acid groups (broad SMARTS) is 1. The molecule has 0 unspecified atom stereocenters. The number of carboxylic acids is 1. The summed E-state index contributed by atoms with van der Waals surface area (Å²) in [5.41, 5.74) is 12.9. The van der Waals surface area contributed by atoms with Crippen LogP contribution < -0.4 is 20.9 Å². The summed E-state index contributed by atoms with van der Waals surface area (Å²) in [6.07, 6.45) is -7.81. The third-order valence-corrected chi connectivity index (χ3v) is 5.24. The van der Waals surface area contributed by atoms with Gasteiger partial charge in [-0.15, -0.1) is 0 Å². The largest absolute Gasteiger partial charge is 0.494 e. The third-order valence-electron chi connectivity index (χ3n) is 5.24. The standard InChI is InChI=1S/C27H25F5N2O4/c28-26(29,30)10-1-11-37-23-8-4-20(5-9-23)27(31,32)38-24-6-2-17(3-7-24)12-19(25(35)36)13-18-14-21(33)16-22(34)15-18/h2-9,12,14-16H,1,10-11,13,33-34H2,(H,35,36). The number of nitrogen functional groups attached to an aromatic ring is 2. The quantitative estimate of drug-likeness (QED) is 0.113. The van der Waals surface area contributed by atoms with Crippen LogP contribution in [-0.2, 0) is 17.3 Å². The number of hydrogen-bond acceptors (Lipinski definition) is 5. The number of anilines is 2. The average molecular weight is 536 g/mol. The van der Waals surface area contributed by atoms with Gasteiger partial charge in [0.15, 0.2) is 0 Å². The molecule has 3 aromatic rings. The van der Waals surface area contributed by atoms with E-state index in [1.165, 1.54) is 42.5 Å². The Morgan fingerprint density at radius 3 is 2.00 bits per heavy atom. The second-order valence-electron chi connectivity index (χ2n) is 8.44. The molecule has 3 aromatic carbocycles. The SMILES string of the molecule is Nc1cc(N)cc(CC(=Cc2ccc(OC(F)(F)c3ccc(OCCCC(F)(F)F)cc3)cc2)C(=O)O)c1. The van der Waals surface area contributed by atoms with Crippen molar-refractivity contribution in [3.8, 4) is 11.5 Å². The predicted octanol–water partition coefficient (Wildman–Crippen LogP) is 6.41. The fourth-order valence-electron chi connectivity index (χ4n) is 3.50. The van der Waals surface area contributed by atoms with Gasteiger partial charge in [-0.05, 0) is 78.2 Å². The molecule has 11 heteroatoms. The minimum atomic E-state index is -4.29. The van der Waals surface area contributed by atoms with Gasteiger partial charge in [-0.3, -0.25) is 0 Å². The van der Waals surface area contributed by atoms with Crippen molar-refractivity contribution in [2.45, 2.75) is 31.5 Å². The van der Waals surface area contributed by atoms with Gasteiger partial charge in [-0.1, -0.05) is 12.1 Å². The molecular weight excluding hydrogens is 511 g/mol. The molecule has 0 aliphatic heterocycles. The van der Waals surface area contributed by atoms with Crippen molar-refractivity contribution >= 4 is 23.4 Å². The highest BCUT2D eigenvalue weighted by Crippen LogP contribution is 2.33. The minimum Gasteiger partial charge on any atom is -0.494 e. The van der Waals surface area contributed by atoms with Crippen LogP contribution in [0.4, 0.5) is 33.3 Å². The Bertz CT molecular complexity index is 1250. The lowest BCUT2D eigenvalue weighted by Gasteiger charge is -2.19. The van der Waals surface area contributed by atoms with Gasteiger partial charge in [0.1, 0.15) is 11.5 Å². The van der Waals surface area contributed by atoms with E-state index >= 15 is 0 Å². The van der Waals surface area contributed by atoms with E-state index in [0.29, 0.717) is 22.5 Å². The van der Waals surface area contributed by atoms with Crippen molar-refractivity contribution in [2.24, 2.45) is 0 Å². The molecule has 0 aliphatic carbocycles. The normalized spacial score (nSPS) is 12.3. The summed E-state index contributed by atoms with van der Waals surface area (Å²) in [6, 6.07) is 14.7. The summed E-state index contributed by atoms with van der Waals surface area (Å²) in [5.74, 6) is -1.18. The lowest BCUT2D eigenvalue weighted by molar-refractivity contribution is -0.185. The first kappa shape index (κ1) is 28.3. The summed E-state index contributed by atoms with van der Waals surface area (Å²) in [5, 5.41) is 9.57. The fraction of sp³-hybridized carbons (Fsp3) is 0.222. The number of nitrogens with two attached hydrogens (primary N) is 2. The predicted molar refractivity (Wildman–Crippen MR) is 133 cm³/mol. The van der Waals surface area contributed by atoms with Gasteiger partial charge in [0.2, 0.25) is 0 Å². The monoisotopic (exact) mass is 536 g/mol. The van der Waals surface area contributed by atoms with Crippen LogP contribution in [0.25, 0.3) is 6.08 Å². The van der Waals surface area contributed by atoms with Crippen molar-refractivity contribution in [2.75, 3.05) is 18.1 Å². The number of carbonyl (C=O) groups is 1. The van der Waals surface area contributed by atoms with Crippen LogP contribution in [0.15, 0.2) is 72.3 Å². The molecule has 6 nitrogen and oxygen atoms in total. The molecule has 38 heavy (non-hydrogen) atoms. The van der Waals surface area contributed by atoms with Gasteiger partial charge >= 0.3 is 18.3 Å². The zero-order chi connectivity index (χ0) is 27.9. The number of halogens is 5. The molecule has 0 spiro atoms. The third kappa shape index (κ3) is 8.68. The van der Waals surface area contributed by atoms with E-state index in [0.717, 1.165) is 12.1 Å². The molecule has 0 amide bonds. The van der Waals surface area contributed by atoms with Crippen LogP contribution in [0.3, 0.4) is 0 Å². The number of aliphatic carboxylic acids is 1. The van der Waals surface area contributed by atoms with Crippen molar-refractivity contribution < 1.29 is 41.3 Å². The molecule has 0 aromatic heterocycles. The smallest absolute Gasteiger partial charge is 0.426 e. The van der Waals surface area contributed by atoms with Crippen LogP contribution >= 0.6 is 0 Å². The first-order valence-corrected chi connectivity index (χ1v) is 11.4. The van der Waals surface area contributed by atoms with E-state index in [-0.39, 0.29) is 36.5 Å². The second-order valence-corrected chi connectivity index (χ2v) is 8.44. The molecule has 0 heterocycles. The molecule has 0 aliphatic rings. The fourth-order valence-corrected chi connectivity index (χ4v) is 3.50. The summed E-state index contributed by atoms with van der Waals surface area (Å²) in [6.45, 7) is -0.205. The van der Waals surface area contributed by atoms with Gasteiger partial charge in [0.05, 0.1) is 12.2 Å². The zero-order valence-electron chi connectivity index (χ0n) is 20.0. The van der Waals surface area contributed by atoms with Gasteiger partial charge in [-0.25, -0.2) is 4.79 Å². The van der Waals surface area contributed by atoms with Crippen molar-refractivity contribution in [3.63, 3.8) is 0 Å². The van der Waals surface area contributed by atoms with E-state index in [9.17, 15) is 31.9 Å². The maximum absolute atomic E-state index is 14.6. The topological polar surface area (TPSA) is 108 Å². The van der Waals surface area contributed by atoms with E-state index in [1.54, 1.807) is 18.2 Å². The molecule has 0 saturated carbocycles. The maximum atomic E-state index is 14.6. The van der Waals surface area contributed by atoms with Crippen LogP contribution in [0.5, 0.6) is 11.5 Å². The molecule has 0 saturated heterocycles. The molecule has 0 radical (unpaired) electrons. The van der Waals surface area contributed by atoms with Gasteiger partial charge in [-0.2, -0.15) is 22.0 Å². The average Bonchev–Trinajstić information content (AvgIpc) is 2.81. The molecular formula is C27H25F5N2O4. The van der Waals surface area contributed by atoms with Crippen LogP contribution in [0, 0.1) is 0 Å². The van der Waals surface area contributed by atoms with Gasteiger partial charge in [0, 0.05) is 29.8 Å². The van der Waals surface area contributed by atoms with Crippen LogP contribution in [0.2, 0.25) is 0 Å². The zero-order valence-corrected chi connectivity index (χ0v) is 20.0. The Labute approximate surface area is 215 Å². The minimum absolute atomic E-state index is 0.0368. The Hall–Kier alpha value is -4.28. The van der Waals surface area contributed by atoms with E-state index in [2.05, 4.69) is 0 Å². The first-order chi connectivity index (χ1) is 17.8. The molecule has 0 bridgehead atoms. The van der Waals surface area contributed by atoms with E-state index in [1.807, 2.05) is 0 Å². The second kappa shape index (κ2) is 11.8. The summed E-state index contributed by atoms with van der Waals surface area (Å²) in [4.78, 5) is 11.7. The number of rotatable bonds is 11. The number of hydrogen-bond donors (Lipinski definition) is 3. The highest BCUT2D eigenvalue weighted by molar-refractivity contribution is 5.92. The summed E-state index contributed by atoms with van der Waals surface area (Å²) in [7, 11) is 0. The highest BCUT2D eigenvalue weighted by atomic mass is 19.4. The molecule has 0 fully saturated rings. The number of ether oxygens (including phenoxy) is 2. The lowest BCUT2D eigenvalue weighted by atomic mass is 10.0. The lowest BCUT2D eigenvalue weighted by Crippen LogP contribution is -2.21.